The molecule has 5 atom stereocenters. The lowest BCUT2D eigenvalue weighted by Gasteiger charge is -2.21. The van der Waals surface area contributed by atoms with Crippen molar-refractivity contribution in [1.29, 1.82) is 0 Å². The van der Waals surface area contributed by atoms with E-state index in [9.17, 15) is 43.2 Å². The van der Waals surface area contributed by atoms with Crippen molar-refractivity contribution in [2.45, 2.75) is 432 Å². The van der Waals surface area contributed by atoms with Crippen LogP contribution in [0.25, 0.3) is 0 Å². The molecule has 2 unspecified atom stereocenters. The second kappa shape index (κ2) is 71.1. The van der Waals surface area contributed by atoms with Crippen molar-refractivity contribution in [1.82, 2.24) is 0 Å². The molecule has 17 nitrogen and oxygen atoms in total. The third kappa shape index (κ3) is 72.2. The molecule has 0 spiro atoms. The number of phosphoric ester groups is 2. The molecule has 0 rings (SSSR count). The lowest BCUT2D eigenvalue weighted by atomic mass is 10.0. The standard InChI is InChI=1S/C78H152O17P2/c1-6-9-12-15-18-21-24-27-28-29-30-31-32-33-34-36-39-42-49-54-59-64-78(83)94-73(67-88-75(80)61-56-51-46-40-38-35-25-22-19-16-13-10-7-2)69-92-96(84,85)90-65-72(79)66-91-97(86,87)93-70-74(68-89-76(81)62-57-52-47-44-43-45-50-55-60-71(4)5)95-77(82)63-58-53-48-41-37-26-23-20-17-14-11-8-3/h71-74,79H,6-70H2,1-5H3,(H,84,85)(H,86,87)/t72-,73-,74-/m1/s1. The molecule has 0 aliphatic rings. The van der Waals surface area contributed by atoms with Gasteiger partial charge in [0.15, 0.2) is 12.2 Å². The van der Waals surface area contributed by atoms with Crippen molar-refractivity contribution in [2.75, 3.05) is 39.6 Å². The molecule has 0 saturated heterocycles. The van der Waals surface area contributed by atoms with E-state index in [4.69, 9.17) is 37.0 Å². The van der Waals surface area contributed by atoms with E-state index in [1.165, 1.54) is 238 Å². The molecule has 0 aromatic heterocycles. The summed E-state index contributed by atoms with van der Waals surface area (Å²) in [6, 6.07) is 0. The molecule has 0 bridgehead atoms. The summed E-state index contributed by atoms with van der Waals surface area (Å²) in [6.07, 6.45) is 61.1. The van der Waals surface area contributed by atoms with Crippen LogP contribution in [0.3, 0.4) is 0 Å². The molecular formula is C78H152O17P2. The van der Waals surface area contributed by atoms with Gasteiger partial charge in [0.05, 0.1) is 26.4 Å². The first kappa shape index (κ1) is 95.1. The highest BCUT2D eigenvalue weighted by Crippen LogP contribution is 2.45. The molecule has 0 aliphatic carbocycles. The van der Waals surface area contributed by atoms with Crippen LogP contribution in [0.2, 0.25) is 0 Å². The lowest BCUT2D eigenvalue weighted by molar-refractivity contribution is -0.161. The molecule has 0 radical (unpaired) electrons. The van der Waals surface area contributed by atoms with E-state index < -0.39 is 97.5 Å². The van der Waals surface area contributed by atoms with Gasteiger partial charge in [-0.05, 0) is 31.6 Å². The Labute approximate surface area is 594 Å². The predicted molar refractivity (Wildman–Crippen MR) is 395 cm³/mol. The summed E-state index contributed by atoms with van der Waals surface area (Å²) < 4.78 is 68.6. The fraction of sp³-hybridized carbons (Fsp3) is 0.949. The van der Waals surface area contributed by atoms with Gasteiger partial charge in [-0.2, -0.15) is 0 Å². The number of unbranched alkanes of at least 4 members (excludes halogenated alkanes) is 50. The minimum Gasteiger partial charge on any atom is -0.462 e. The number of esters is 4. The van der Waals surface area contributed by atoms with Crippen LogP contribution in [-0.4, -0.2) is 96.7 Å². The molecule has 97 heavy (non-hydrogen) atoms. The van der Waals surface area contributed by atoms with Crippen LogP contribution < -0.4 is 0 Å². The summed E-state index contributed by atoms with van der Waals surface area (Å²) in [7, 11) is -9.91. The van der Waals surface area contributed by atoms with Gasteiger partial charge in [-0.25, -0.2) is 9.13 Å². The van der Waals surface area contributed by atoms with Crippen LogP contribution >= 0.6 is 15.6 Å². The van der Waals surface area contributed by atoms with Crippen molar-refractivity contribution < 1.29 is 80.2 Å². The zero-order valence-electron chi connectivity index (χ0n) is 63.2. The van der Waals surface area contributed by atoms with Gasteiger partial charge in [-0.1, -0.05) is 362 Å². The number of ether oxygens (including phenoxy) is 4. The maximum Gasteiger partial charge on any atom is 0.472 e. The Balaban J connectivity index is 5.20. The zero-order valence-corrected chi connectivity index (χ0v) is 65.0. The van der Waals surface area contributed by atoms with E-state index in [2.05, 4.69) is 34.6 Å². The van der Waals surface area contributed by atoms with Gasteiger partial charge < -0.3 is 33.8 Å². The van der Waals surface area contributed by atoms with E-state index in [1.54, 1.807) is 0 Å². The van der Waals surface area contributed by atoms with Gasteiger partial charge in [0.25, 0.3) is 0 Å². The molecule has 0 heterocycles. The molecule has 0 amide bonds. The smallest absolute Gasteiger partial charge is 0.462 e. The summed E-state index contributed by atoms with van der Waals surface area (Å²) in [5, 5.41) is 10.6. The zero-order chi connectivity index (χ0) is 71.2. The normalized spacial score (nSPS) is 13.9. The molecule has 576 valence electrons. The van der Waals surface area contributed by atoms with Crippen LogP contribution in [-0.2, 0) is 65.4 Å². The minimum absolute atomic E-state index is 0.107. The highest BCUT2D eigenvalue weighted by molar-refractivity contribution is 7.47. The summed E-state index contributed by atoms with van der Waals surface area (Å²) in [5.41, 5.74) is 0. The average Bonchev–Trinajstić information content (AvgIpc) is 1.30. The Morgan fingerprint density at radius 3 is 0.701 bits per heavy atom. The third-order valence-corrected chi connectivity index (χ3v) is 20.2. The van der Waals surface area contributed by atoms with Crippen molar-refractivity contribution >= 4 is 39.5 Å². The Bertz CT molecular complexity index is 1860. The van der Waals surface area contributed by atoms with Crippen LogP contribution in [0.1, 0.15) is 413 Å². The highest BCUT2D eigenvalue weighted by atomic mass is 31.2. The first-order valence-electron chi connectivity index (χ1n) is 40.6. The van der Waals surface area contributed by atoms with Crippen molar-refractivity contribution in [3.05, 3.63) is 0 Å². The largest absolute Gasteiger partial charge is 0.472 e. The molecule has 0 fully saturated rings. The van der Waals surface area contributed by atoms with Gasteiger partial charge in [0, 0.05) is 25.7 Å². The molecule has 0 saturated carbocycles. The van der Waals surface area contributed by atoms with Crippen molar-refractivity contribution in [3.8, 4) is 0 Å². The quantitative estimate of drug-likeness (QED) is 0.0222. The van der Waals surface area contributed by atoms with E-state index in [0.717, 1.165) is 95.8 Å². The predicted octanol–water partition coefficient (Wildman–Crippen LogP) is 23.3. The van der Waals surface area contributed by atoms with Gasteiger partial charge >= 0.3 is 39.5 Å². The number of carbonyl (C=O) groups excluding carboxylic acids is 4. The lowest BCUT2D eigenvalue weighted by Crippen LogP contribution is -2.30. The number of phosphoric acid groups is 2. The number of carbonyl (C=O) groups is 4. The Morgan fingerprint density at radius 2 is 0.474 bits per heavy atom. The van der Waals surface area contributed by atoms with Crippen LogP contribution in [0.15, 0.2) is 0 Å². The second-order valence-electron chi connectivity index (χ2n) is 28.6. The monoisotopic (exact) mass is 1420 g/mol. The number of hydrogen-bond acceptors (Lipinski definition) is 15. The van der Waals surface area contributed by atoms with E-state index in [0.29, 0.717) is 25.7 Å². The fourth-order valence-electron chi connectivity index (χ4n) is 12.1. The van der Waals surface area contributed by atoms with Crippen LogP contribution in [0.5, 0.6) is 0 Å². The van der Waals surface area contributed by atoms with E-state index >= 15 is 0 Å². The number of aliphatic hydroxyl groups excluding tert-OH is 1. The highest BCUT2D eigenvalue weighted by Gasteiger charge is 2.30. The number of hydrogen-bond donors (Lipinski definition) is 3. The minimum atomic E-state index is -4.96. The topological polar surface area (TPSA) is 237 Å². The van der Waals surface area contributed by atoms with Crippen molar-refractivity contribution in [3.63, 3.8) is 0 Å². The maximum absolute atomic E-state index is 13.1. The Hall–Kier alpha value is -1.94. The van der Waals surface area contributed by atoms with Crippen LogP contribution in [0.4, 0.5) is 0 Å². The first-order valence-corrected chi connectivity index (χ1v) is 43.6. The third-order valence-electron chi connectivity index (χ3n) is 18.3. The summed E-state index contributed by atoms with van der Waals surface area (Å²) in [6.45, 7) is 7.27. The average molecular weight is 1420 g/mol. The molecule has 0 aromatic rings. The molecular weight excluding hydrogens is 1270 g/mol. The maximum atomic E-state index is 13.1. The second-order valence-corrected chi connectivity index (χ2v) is 31.5. The Morgan fingerprint density at radius 1 is 0.278 bits per heavy atom. The SMILES string of the molecule is CCCCCCCCCCCCCCCCCCCCCCCC(=O)O[C@H](COC(=O)CCCCCCCCCCCCCCC)COP(=O)(O)OC[C@@H](O)COP(=O)(O)OC[C@@H](COC(=O)CCCCCCCCCCC(C)C)OC(=O)CCCCCCCCCCCCCC. The van der Waals surface area contributed by atoms with E-state index in [1.807, 2.05) is 0 Å². The van der Waals surface area contributed by atoms with E-state index in [-0.39, 0.29) is 25.7 Å². The van der Waals surface area contributed by atoms with Gasteiger partial charge in [-0.15, -0.1) is 0 Å². The summed E-state index contributed by atoms with van der Waals surface area (Å²) >= 11 is 0. The molecule has 19 heteroatoms. The van der Waals surface area contributed by atoms with Crippen LogP contribution in [0, 0.1) is 5.92 Å². The first-order chi connectivity index (χ1) is 47.0. The molecule has 0 aliphatic heterocycles. The van der Waals surface area contributed by atoms with Crippen molar-refractivity contribution in [2.24, 2.45) is 5.92 Å². The van der Waals surface area contributed by atoms with Gasteiger partial charge in [-0.3, -0.25) is 37.3 Å². The Kier molecular flexibility index (Phi) is 69.6. The molecule has 0 aromatic carbocycles. The van der Waals surface area contributed by atoms with Gasteiger partial charge in [0.1, 0.15) is 19.3 Å². The van der Waals surface area contributed by atoms with Gasteiger partial charge in [0.2, 0.25) is 0 Å². The number of aliphatic hydroxyl groups is 1. The number of rotatable bonds is 78. The summed E-state index contributed by atoms with van der Waals surface area (Å²) in [4.78, 5) is 72.9. The fourth-order valence-corrected chi connectivity index (χ4v) is 13.6. The molecule has 3 N–H and O–H groups in total. The summed E-state index contributed by atoms with van der Waals surface area (Å²) in [5.74, 6) is -1.38.